The Labute approximate surface area is 118 Å². The van der Waals surface area contributed by atoms with E-state index < -0.39 is 5.97 Å². The zero-order valence-corrected chi connectivity index (χ0v) is 11.4. The van der Waals surface area contributed by atoms with Crippen molar-refractivity contribution in [3.8, 4) is 0 Å². The third-order valence-electron chi connectivity index (χ3n) is 3.83. The summed E-state index contributed by atoms with van der Waals surface area (Å²) >= 11 is 0. The lowest BCUT2D eigenvalue weighted by atomic mass is 9.82. The minimum Gasteiger partial charge on any atom is -0.478 e. The molecule has 100 valence electrons. The topological polar surface area (TPSA) is 37.3 Å². The number of carbonyl (C=O) groups is 1. The van der Waals surface area contributed by atoms with Gasteiger partial charge in [-0.05, 0) is 42.0 Å². The highest BCUT2D eigenvalue weighted by Gasteiger charge is 2.23. The first kappa shape index (κ1) is 12.7. The molecule has 0 fully saturated rings. The normalized spacial score (nSPS) is 14.1. The maximum atomic E-state index is 11.6. The molecule has 3 rings (SSSR count). The molecular weight excluding hydrogens is 248 g/mol. The molecule has 0 unspecified atom stereocenters. The van der Waals surface area contributed by atoms with Gasteiger partial charge in [0.05, 0.1) is 0 Å². The van der Waals surface area contributed by atoms with Crippen LogP contribution >= 0.6 is 0 Å². The van der Waals surface area contributed by atoms with Crippen LogP contribution in [0.25, 0.3) is 5.57 Å². The van der Waals surface area contributed by atoms with Crippen LogP contribution in [0, 0.1) is 6.92 Å². The second kappa shape index (κ2) is 4.97. The van der Waals surface area contributed by atoms with Crippen molar-refractivity contribution in [1.82, 2.24) is 0 Å². The molecule has 2 heteroatoms. The average molecular weight is 264 g/mol. The molecule has 2 aromatic carbocycles. The Balaban J connectivity index is 2.25. The van der Waals surface area contributed by atoms with E-state index in [1.165, 1.54) is 11.1 Å². The highest BCUT2D eigenvalue weighted by molar-refractivity contribution is 6.02. The van der Waals surface area contributed by atoms with E-state index in [0.29, 0.717) is 12.0 Å². The summed E-state index contributed by atoms with van der Waals surface area (Å²) in [5.41, 5.74) is 5.84. The van der Waals surface area contributed by atoms with Gasteiger partial charge >= 0.3 is 5.97 Å². The van der Waals surface area contributed by atoms with Crippen LogP contribution in [0.4, 0.5) is 0 Å². The molecule has 0 saturated heterocycles. The number of carboxylic acid groups (broad SMARTS) is 1. The van der Waals surface area contributed by atoms with Crippen molar-refractivity contribution >= 4 is 11.5 Å². The fraction of sp³-hybridized carbons (Fsp3) is 0.167. The van der Waals surface area contributed by atoms with Gasteiger partial charge in [0.15, 0.2) is 0 Å². The van der Waals surface area contributed by atoms with Crippen LogP contribution in [0.2, 0.25) is 0 Å². The van der Waals surface area contributed by atoms with E-state index in [9.17, 15) is 9.90 Å². The molecule has 1 aliphatic rings. The number of rotatable bonds is 2. The van der Waals surface area contributed by atoms with Crippen LogP contribution in [0.1, 0.15) is 28.7 Å². The Bertz CT molecular complexity index is 694. The van der Waals surface area contributed by atoms with Crippen LogP contribution in [0.15, 0.2) is 54.1 Å². The molecule has 0 radical (unpaired) electrons. The number of hydrogen-bond acceptors (Lipinski definition) is 1. The van der Waals surface area contributed by atoms with Gasteiger partial charge in [-0.1, -0.05) is 54.1 Å². The molecule has 0 aromatic heterocycles. The highest BCUT2D eigenvalue weighted by Crippen LogP contribution is 2.36. The van der Waals surface area contributed by atoms with Crippen molar-refractivity contribution in [2.45, 2.75) is 19.8 Å². The van der Waals surface area contributed by atoms with Crippen molar-refractivity contribution in [3.05, 3.63) is 76.4 Å². The fourth-order valence-electron chi connectivity index (χ4n) is 2.79. The second-order valence-corrected chi connectivity index (χ2v) is 5.18. The van der Waals surface area contributed by atoms with Crippen LogP contribution in [0.5, 0.6) is 0 Å². The Morgan fingerprint density at radius 1 is 1.00 bits per heavy atom. The van der Waals surface area contributed by atoms with Gasteiger partial charge in [-0.15, -0.1) is 0 Å². The van der Waals surface area contributed by atoms with Gasteiger partial charge in [-0.2, -0.15) is 0 Å². The number of aryl methyl sites for hydroxylation is 2. The van der Waals surface area contributed by atoms with Gasteiger partial charge in [-0.25, -0.2) is 4.79 Å². The largest absolute Gasteiger partial charge is 0.478 e. The molecule has 0 bridgehead atoms. The molecule has 0 atom stereocenters. The SMILES string of the molecule is Cc1ccc(C2=C(C(=O)O)CCc3ccccc32)cc1. The maximum Gasteiger partial charge on any atom is 0.332 e. The number of carboxylic acids is 1. The smallest absolute Gasteiger partial charge is 0.332 e. The Kier molecular flexibility index (Phi) is 3.15. The van der Waals surface area contributed by atoms with Gasteiger partial charge in [0.25, 0.3) is 0 Å². The number of aliphatic carboxylic acids is 1. The molecule has 0 heterocycles. The minimum absolute atomic E-state index is 0.521. The number of fused-ring (bicyclic) bond motifs is 1. The summed E-state index contributed by atoms with van der Waals surface area (Å²) in [5.74, 6) is -0.810. The third-order valence-corrected chi connectivity index (χ3v) is 3.83. The lowest BCUT2D eigenvalue weighted by Gasteiger charge is -2.22. The molecule has 20 heavy (non-hydrogen) atoms. The highest BCUT2D eigenvalue weighted by atomic mass is 16.4. The van der Waals surface area contributed by atoms with Gasteiger partial charge in [0, 0.05) is 5.57 Å². The van der Waals surface area contributed by atoms with Gasteiger partial charge in [-0.3, -0.25) is 0 Å². The van der Waals surface area contributed by atoms with E-state index in [0.717, 1.165) is 23.1 Å². The van der Waals surface area contributed by atoms with Gasteiger partial charge in [0.1, 0.15) is 0 Å². The maximum absolute atomic E-state index is 11.6. The van der Waals surface area contributed by atoms with E-state index >= 15 is 0 Å². The van der Waals surface area contributed by atoms with Crippen molar-refractivity contribution in [2.24, 2.45) is 0 Å². The van der Waals surface area contributed by atoms with E-state index in [2.05, 4.69) is 6.07 Å². The first-order valence-electron chi connectivity index (χ1n) is 6.78. The third kappa shape index (κ3) is 2.14. The lowest BCUT2D eigenvalue weighted by Crippen LogP contribution is -2.12. The molecular formula is C18H16O2. The van der Waals surface area contributed by atoms with Crippen molar-refractivity contribution < 1.29 is 9.90 Å². The predicted molar refractivity (Wildman–Crippen MR) is 79.6 cm³/mol. The van der Waals surface area contributed by atoms with Crippen LogP contribution in [0.3, 0.4) is 0 Å². The van der Waals surface area contributed by atoms with E-state index in [4.69, 9.17) is 0 Å². The summed E-state index contributed by atoms with van der Waals surface area (Å²) in [6.07, 6.45) is 1.39. The predicted octanol–water partition coefficient (Wildman–Crippen LogP) is 3.83. The average Bonchev–Trinajstić information content (AvgIpc) is 2.47. The first-order chi connectivity index (χ1) is 9.66. The molecule has 2 aromatic rings. The fourth-order valence-corrected chi connectivity index (χ4v) is 2.79. The molecule has 1 aliphatic carbocycles. The van der Waals surface area contributed by atoms with Gasteiger partial charge < -0.3 is 5.11 Å². The van der Waals surface area contributed by atoms with Gasteiger partial charge in [0.2, 0.25) is 0 Å². The second-order valence-electron chi connectivity index (χ2n) is 5.18. The van der Waals surface area contributed by atoms with Crippen LogP contribution < -0.4 is 0 Å². The molecule has 1 N–H and O–H groups in total. The van der Waals surface area contributed by atoms with Crippen molar-refractivity contribution in [2.75, 3.05) is 0 Å². The molecule has 2 nitrogen and oxygen atoms in total. The van der Waals surface area contributed by atoms with E-state index in [1.807, 2.05) is 49.4 Å². The zero-order valence-electron chi connectivity index (χ0n) is 11.4. The molecule has 0 aliphatic heterocycles. The summed E-state index contributed by atoms with van der Waals surface area (Å²) in [6, 6.07) is 16.2. The lowest BCUT2D eigenvalue weighted by molar-refractivity contribution is -0.132. The minimum atomic E-state index is -0.810. The van der Waals surface area contributed by atoms with Crippen molar-refractivity contribution in [1.29, 1.82) is 0 Å². The first-order valence-corrected chi connectivity index (χ1v) is 6.78. The van der Waals surface area contributed by atoms with Crippen molar-refractivity contribution in [3.63, 3.8) is 0 Å². The summed E-state index contributed by atoms with van der Waals surface area (Å²) in [7, 11) is 0. The molecule has 0 spiro atoms. The zero-order chi connectivity index (χ0) is 14.1. The Morgan fingerprint density at radius 3 is 2.40 bits per heavy atom. The molecule has 0 amide bonds. The summed E-state index contributed by atoms with van der Waals surface area (Å²) < 4.78 is 0. The van der Waals surface area contributed by atoms with E-state index in [-0.39, 0.29) is 0 Å². The Morgan fingerprint density at radius 2 is 1.70 bits per heavy atom. The van der Waals surface area contributed by atoms with Crippen LogP contribution in [-0.2, 0) is 11.2 Å². The number of hydrogen-bond donors (Lipinski definition) is 1. The monoisotopic (exact) mass is 264 g/mol. The summed E-state index contributed by atoms with van der Waals surface area (Å²) in [6.45, 7) is 2.03. The quantitative estimate of drug-likeness (QED) is 0.895. The van der Waals surface area contributed by atoms with E-state index in [1.54, 1.807) is 0 Å². The summed E-state index contributed by atoms with van der Waals surface area (Å²) in [5, 5.41) is 9.49. The number of benzene rings is 2. The van der Waals surface area contributed by atoms with Crippen LogP contribution in [-0.4, -0.2) is 11.1 Å². The standard InChI is InChI=1S/C18H16O2/c1-12-6-8-14(9-7-12)17-15-5-3-2-4-13(15)10-11-16(17)18(19)20/h2-9H,10-11H2,1H3,(H,19,20). The summed E-state index contributed by atoms with van der Waals surface area (Å²) in [4.78, 5) is 11.6. The Hall–Kier alpha value is -2.35. The molecule has 0 saturated carbocycles.